The molecule has 3 rings (SSSR count). The minimum atomic E-state index is 0.723. The topological polar surface area (TPSA) is 39.1 Å². The van der Waals surface area contributed by atoms with E-state index in [2.05, 4.69) is 67.7 Å². The Bertz CT molecular complexity index is 915. The van der Waals surface area contributed by atoms with E-state index in [0.29, 0.717) is 0 Å². The van der Waals surface area contributed by atoms with Crippen molar-refractivity contribution in [2.45, 2.75) is 33.6 Å². The lowest BCUT2D eigenvalue weighted by Gasteiger charge is -2.20. The maximum Gasteiger partial charge on any atom is 0.0998 e. The average Bonchev–Trinajstić information content (AvgIpc) is 3.09. The van der Waals surface area contributed by atoms with Crippen LogP contribution in [0, 0.1) is 11.3 Å². The van der Waals surface area contributed by atoms with Crippen LogP contribution in [0.5, 0.6) is 0 Å². The van der Waals surface area contributed by atoms with Gasteiger partial charge in [-0.2, -0.15) is 5.26 Å². The van der Waals surface area contributed by atoms with Gasteiger partial charge < -0.3 is 10.2 Å². The first-order valence-electron chi connectivity index (χ1n) is 9.57. The summed E-state index contributed by atoms with van der Waals surface area (Å²) in [5.74, 6) is 0. The number of anilines is 1. The number of nitrogens with zero attached hydrogens (tertiary/aromatic N) is 2. The van der Waals surface area contributed by atoms with Gasteiger partial charge in [-0.1, -0.05) is 42.8 Å². The van der Waals surface area contributed by atoms with Crippen molar-refractivity contribution in [3.63, 3.8) is 0 Å². The Morgan fingerprint density at radius 2 is 1.93 bits per heavy atom. The number of hydrogen-bond donors (Lipinski definition) is 1. The molecule has 0 spiro atoms. The van der Waals surface area contributed by atoms with Gasteiger partial charge in [0.15, 0.2) is 0 Å². The van der Waals surface area contributed by atoms with Crippen LogP contribution in [0.4, 0.5) is 5.69 Å². The second-order valence-electron chi connectivity index (χ2n) is 7.17. The first-order valence-corrected chi connectivity index (χ1v) is 9.57. The van der Waals surface area contributed by atoms with Crippen LogP contribution in [0.25, 0.3) is 11.1 Å². The highest BCUT2D eigenvalue weighted by Crippen LogP contribution is 2.34. The molecule has 0 radical (unpaired) electrons. The van der Waals surface area contributed by atoms with Crippen molar-refractivity contribution in [1.82, 2.24) is 5.32 Å². The predicted molar refractivity (Wildman–Crippen MR) is 113 cm³/mol. The summed E-state index contributed by atoms with van der Waals surface area (Å²) >= 11 is 0. The van der Waals surface area contributed by atoms with E-state index >= 15 is 0 Å². The molecule has 2 aromatic rings. The van der Waals surface area contributed by atoms with Gasteiger partial charge in [0.25, 0.3) is 0 Å². The van der Waals surface area contributed by atoms with E-state index in [1.165, 1.54) is 22.4 Å². The molecule has 3 heteroatoms. The molecule has 0 unspecified atom stereocenters. The highest BCUT2D eigenvalue weighted by Gasteiger charge is 2.20. The molecule has 0 fully saturated rings. The summed E-state index contributed by atoms with van der Waals surface area (Å²) in [7, 11) is 0. The summed E-state index contributed by atoms with van der Waals surface area (Å²) in [6, 6.07) is 16.7. The van der Waals surface area contributed by atoms with Crippen molar-refractivity contribution < 1.29 is 0 Å². The van der Waals surface area contributed by atoms with Crippen LogP contribution in [0.2, 0.25) is 0 Å². The maximum atomic E-state index is 9.40. The van der Waals surface area contributed by atoms with E-state index in [4.69, 9.17) is 0 Å². The van der Waals surface area contributed by atoms with Gasteiger partial charge in [0.05, 0.1) is 11.6 Å². The van der Waals surface area contributed by atoms with Crippen molar-refractivity contribution in [2.24, 2.45) is 0 Å². The van der Waals surface area contributed by atoms with Crippen LogP contribution in [0.1, 0.15) is 38.3 Å². The van der Waals surface area contributed by atoms with Crippen LogP contribution in [-0.2, 0) is 6.42 Å². The summed E-state index contributed by atoms with van der Waals surface area (Å²) in [5, 5.41) is 12.7. The van der Waals surface area contributed by atoms with Crippen LogP contribution in [-0.4, -0.2) is 13.1 Å². The van der Waals surface area contributed by atoms with Gasteiger partial charge in [-0.05, 0) is 67.3 Å². The lowest BCUT2D eigenvalue weighted by Crippen LogP contribution is -2.23. The number of benzene rings is 2. The summed E-state index contributed by atoms with van der Waals surface area (Å²) in [4.78, 5) is 2.43. The van der Waals surface area contributed by atoms with Gasteiger partial charge in [-0.15, -0.1) is 0 Å². The first kappa shape index (κ1) is 18.8. The molecule has 0 atom stereocenters. The summed E-state index contributed by atoms with van der Waals surface area (Å²) in [6.07, 6.45) is 6.29. The van der Waals surface area contributed by atoms with Gasteiger partial charge in [0, 0.05) is 25.0 Å². The van der Waals surface area contributed by atoms with Gasteiger partial charge in [0.1, 0.15) is 0 Å². The summed E-state index contributed by atoms with van der Waals surface area (Å²) < 4.78 is 0. The van der Waals surface area contributed by atoms with Crippen LogP contribution < -0.4 is 10.2 Å². The fourth-order valence-corrected chi connectivity index (χ4v) is 3.38. The molecular formula is C24H27N3. The summed E-state index contributed by atoms with van der Waals surface area (Å²) in [6.45, 7) is 8.39. The Morgan fingerprint density at radius 1 is 1.15 bits per heavy atom. The molecule has 0 aromatic heterocycles. The quantitative estimate of drug-likeness (QED) is 0.753. The number of nitrogens with one attached hydrogen (secondary N) is 1. The molecule has 0 saturated carbocycles. The zero-order valence-electron chi connectivity index (χ0n) is 16.4. The fraction of sp³-hybridized carbons (Fsp3) is 0.292. The van der Waals surface area contributed by atoms with Gasteiger partial charge in [0.2, 0.25) is 0 Å². The molecule has 1 aliphatic rings. The third-order valence-electron chi connectivity index (χ3n) is 5.09. The molecule has 0 bridgehead atoms. The van der Waals surface area contributed by atoms with Crippen molar-refractivity contribution >= 4 is 5.69 Å². The van der Waals surface area contributed by atoms with Crippen molar-refractivity contribution in [3.05, 3.63) is 77.1 Å². The lowest BCUT2D eigenvalue weighted by molar-refractivity contribution is 0.872. The van der Waals surface area contributed by atoms with Crippen molar-refractivity contribution in [2.75, 3.05) is 18.0 Å². The highest BCUT2D eigenvalue weighted by atomic mass is 15.1. The van der Waals surface area contributed by atoms with E-state index in [0.717, 1.165) is 42.6 Å². The van der Waals surface area contributed by atoms with E-state index < -0.39 is 0 Å². The Kier molecular flexibility index (Phi) is 5.98. The molecule has 1 aliphatic heterocycles. The predicted octanol–water partition coefficient (Wildman–Crippen LogP) is 5.39. The van der Waals surface area contributed by atoms with E-state index in [9.17, 15) is 5.26 Å². The van der Waals surface area contributed by atoms with E-state index in [1.54, 1.807) is 0 Å². The zero-order chi connectivity index (χ0) is 19.2. The van der Waals surface area contributed by atoms with Gasteiger partial charge in [-0.3, -0.25) is 0 Å². The van der Waals surface area contributed by atoms with E-state index in [-0.39, 0.29) is 0 Å². The third-order valence-corrected chi connectivity index (χ3v) is 5.09. The van der Waals surface area contributed by atoms with Gasteiger partial charge in [-0.25, -0.2) is 0 Å². The standard InChI is InChI=1S/C24H27N3/c1-4-18(2)15-26-16-19(3)17-27-12-11-20-9-10-21(13-24(20)27)23-8-6-5-7-22(23)14-25/h5-10,13,15-16,26H,4,11-12,17H2,1-3H3/b18-15+,19-16+. The first-order chi connectivity index (χ1) is 13.1. The molecule has 2 aromatic carbocycles. The third kappa shape index (κ3) is 4.41. The number of fused-ring (bicyclic) bond motifs is 1. The van der Waals surface area contributed by atoms with Crippen LogP contribution in [0.3, 0.4) is 0 Å². The smallest absolute Gasteiger partial charge is 0.0998 e. The number of rotatable bonds is 6. The van der Waals surface area contributed by atoms with E-state index in [1.807, 2.05) is 24.3 Å². The molecule has 27 heavy (non-hydrogen) atoms. The lowest BCUT2D eigenvalue weighted by atomic mass is 9.98. The molecule has 0 aliphatic carbocycles. The number of hydrogen-bond acceptors (Lipinski definition) is 3. The van der Waals surface area contributed by atoms with Crippen LogP contribution >= 0.6 is 0 Å². The Hall–Kier alpha value is -2.99. The molecule has 138 valence electrons. The second kappa shape index (κ2) is 8.60. The minimum Gasteiger partial charge on any atom is -0.368 e. The minimum absolute atomic E-state index is 0.723. The molecule has 0 saturated heterocycles. The Labute approximate surface area is 162 Å². The van der Waals surface area contributed by atoms with Crippen molar-refractivity contribution in [1.29, 1.82) is 5.26 Å². The molecular weight excluding hydrogens is 330 g/mol. The second-order valence-corrected chi connectivity index (χ2v) is 7.17. The van der Waals surface area contributed by atoms with Crippen molar-refractivity contribution in [3.8, 4) is 17.2 Å². The summed E-state index contributed by atoms with van der Waals surface area (Å²) in [5.41, 5.74) is 8.14. The zero-order valence-corrected chi connectivity index (χ0v) is 16.4. The normalized spacial score (nSPS) is 14.1. The highest BCUT2D eigenvalue weighted by molar-refractivity contribution is 5.76. The molecule has 0 amide bonds. The molecule has 3 nitrogen and oxygen atoms in total. The maximum absolute atomic E-state index is 9.40. The number of allylic oxidation sites excluding steroid dienone is 1. The van der Waals surface area contributed by atoms with Crippen LogP contribution in [0.15, 0.2) is 66.0 Å². The van der Waals surface area contributed by atoms with Gasteiger partial charge >= 0.3 is 0 Å². The SMILES string of the molecule is CC/C(C)=C/N/C=C(\C)CN1CCc2ccc(-c3ccccc3C#N)cc21. The average molecular weight is 358 g/mol. The molecule has 1 heterocycles. The monoisotopic (exact) mass is 357 g/mol. The largest absolute Gasteiger partial charge is 0.368 e. The Morgan fingerprint density at radius 3 is 2.70 bits per heavy atom. The Balaban J connectivity index is 1.80. The fourth-order valence-electron chi connectivity index (χ4n) is 3.38. The molecule has 1 N–H and O–H groups in total. The number of nitriles is 1.